The summed E-state index contributed by atoms with van der Waals surface area (Å²) in [6.45, 7) is 2.05. The summed E-state index contributed by atoms with van der Waals surface area (Å²) >= 11 is 0. The highest BCUT2D eigenvalue weighted by molar-refractivity contribution is 5.54. The Balaban J connectivity index is 2.37. The first-order valence-electron chi connectivity index (χ1n) is 6.52. The molecule has 0 aliphatic carbocycles. The van der Waals surface area contributed by atoms with Crippen molar-refractivity contribution in [3.63, 3.8) is 0 Å². The minimum Gasteiger partial charge on any atom is -0.197 e. The molecule has 0 bridgehead atoms. The maximum atomic E-state index is 9.61. The summed E-state index contributed by atoms with van der Waals surface area (Å²) in [6, 6.07) is 22.5. The van der Waals surface area contributed by atoms with E-state index in [1.54, 1.807) is 0 Å². The summed E-state index contributed by atoms with van der Waals surface area (Å²) in [7, 11) is 0. The molecule has 0 spiro atoms. The second kappa shape index (κ2) is 6.02. The van der Waals surface area contributed by atoms with Gasteiger partial charge in [-0.05, 0) is 17.5 Å². The van der Waals surface area contributed by atoms with Gasteiger partial charge in [-0.15, -0.1) is 0 Å². The average molecular weight is 247 g/mol. The predicted octanol–water partition coefficient (Wildman–Crippen LogP) is 4.57. The molecule has 0 saturated heterocycles. The first-order valence-corrected chi connectivity index (χ1v) is 6.52. The lowest BCUT2D eigenvalue weighted by molar-refractivity contribution is 0.660. The van der Waals surface area contributed by atoms with E-state index in [9.17, 15) is 5.26 Å². The summed E-state index contributed by atoms with van der Waals surface area (Å²) in [5.74, 6) is 0. The number of allylic oxidation sites excluding steroid dienone is 1. The zero-order chi connectivity index (χ0) is 13.6. The van der Waals surface area contributed by atoms with Gasteiger partial charge in [-0.2, -0.15) is 5.26 Å². The molecule has 0 N–H and O–H groups in total. The predicted molar refractivity (Wildman–Crippen MR) is 79.5 cm³/mol. The van der Waals surface area contributed by atoms with Crippen molar-refractivity contribution in [3.8, 4) is 6.07 Å². The van der Waals surface area contributed by atoms with Crippen molar-refractivity contribution < 1.29 is 0 Å². The SMILES string of the molecule is CCC(C#N)(/C=C/c1ccccc1)c1ccccc1. The van der Waals surface area contributed by atoms with Gasteiger partial charge in [0.2, 0.25) is 0 Å². The molecule has 2 rings (SSSR count). The van der Waals surface area contributed by atoms with Crippen LogP contribution in [0.4, 0.5) is 0 Å². The fourth-order valence-electron chi connectivity index (χ4n) is 2.14. The topological polar surface area (TPSA) is 23.8 Å². The van der Waals surface area contributed by atoms with Crippen LogP contribution in [0.2, 0.25) is 0 Å². The molecule has 0 aliphatic heterocycles. The second-order valence-electron chi connectivity index (χ2n) is 4.55. The molecule has 0 aromatic heterocycles. The minimum atomic E-state index is -0.545. The monoisotopic (exact) mass is 247 g/mol. The summed E-state index contributed by atoms with van der Waals surface area (Å²) in [5.41, 5.74) is 1.62. The van der Waals surface area contributed by atoms with Gasteiger partial charge in [-0.1, -0.05) is 79.7 Å². The van der Waals surface area contributed by atoms with Crippen molar-refractivity contribution in [2.45, 2.75) is 18.8 Å². The van der Waals surface area contributed by atoms with E-state index in [2.05, 4.69) is 6.07 Å². The molecule has 1 atom stereocenters. The smallest absolute Gasteiger partial charge is 0.100 e. The van der Waals surface area contributed by atoms with Crippen LogP contribution in [0.3, 0.4) is 0 Å². The Kier molecular flexibility index (Phi) is 4.15. The highest BCUT2D eigenvalue weighted by Crippen LogP contribution is 2.29. The van der Waals surface area contributed by atoms with Crippen molar-refractivity contribution in [2.24, 2.45) is 0 Å². The van der Waals surface area contributed by atoms with Gasteiger partial charge in [-0.25, -0.2) is 0 Å². The summed E-state index contributed by atoms with van der Waals surface area (Å²) in [6.07, 6.45) is 4.80. The molecule has 0 fully saturated rings. The number of hydrogen-bond donors (Lipinski definition) is 0. The quantitative estimate of drug-likeness (QED) is 0.776. The zero-order valence-corrected chi connectivity index (χ0v) is 11.1. The van der Waals surface area contributed by atoms with Crippen molar-refractivity contribution in [3.05, 3.63) is 77.9 Å². The summed E-state index contributed by atoms with van der Waals surface area (Å²) < 4.78 is 0. The molecule has 94 valence electrons. The lowest BCUT2D eigenvalue weighted by Crippen LogP contribution is -2.19. The highest BCUT2D eigenvalue weighted by Gasteiger charge is 2.26. The highest BCUT2D eigenvalue weighted by atomic mass is 14.4. The van der Waals surface area contributed by atoms with Crippen LogP contribution in [0, 0.1) is 11.3 Å². The van der Waals surface area contributed by atoms with Gasteiger partial charge in [0.25, 0.3) is 0 Å². The lowest BCUT2D eigenvalue weighted by atomic mass is 9.79. The van der Waals surface area contributed by atoms with Gasteiger partial charge in [0.15, 0.2) is 0 Å². The fourth-order valence-corrected chi connectivity index (χ4v) is 2.14. The molecule has 0 heterocycles. The Morgan fingerprint density at radius 2 is 1.58 bits per heavy atom. The molecule has 0 radical (unpaired) electrons. The third-order valence-corrected chi connectivity index (χ3v) is 3.41. The Bertz CT molecular complexity index is 578. The van der Waals surface area contributed by atoms with Gasteiger partial charge in [0.1, 0.15) is 5.41 Å². The van der Waals surface area contributed by atoms with E-state index in [4.69, 9.17) is 0 Å². The van der Waals surface area contributed by atoms with Crippen LogP contribution in [-0.4, -0.2) is 0 Å². The molecule has 0 amide bonds. The van der Waals surface area contributed by atoms with E-state index in [0.717, 1.165) is 17.5 Å². The van der Waals surface area contributed by atoms with Gasteiger partial charge < -0.3 is 0 Å². The first-order chi connectivity index (χ1) is 9.30. The minimum absolute atomic E-state index is 0.545. The van der Waals surface area contributed by atoms with Crippen molar-refractivity contribution in [1.82, 2.24) is 0 Å². The number of benzene rings is 2. The molecular formula is C18H17N. The van der Waals surface area contributed by atoms with Crippen LogP contribution >= 0.6 is 0 Å². The van der Waals surface area contributed by atoms with Crippen LogP contribution in [0.1, 0.15) is 24.5 Å². The standard InChI is InChI=1S/C18H17N/c1-2-18(15-19,17-11-7-4-8-12-17)14-13-16-9-5-3-6-10-16/h3-14H,2H2,1H3/b14-13+. The van der Waals surface area contributed by atoms with E-state index in [1.165, 1.54) is 0 Å². The number of nitrogens with zero attached hydrogens (tertiary/aromatic N) is 1. The Hall–Kier alpha value is -2.33. The fraction of sp³-hybridized carbons (Fsp3) is 0.167. The van der Waals surface area contributed by atoms with Crippen LogP contribution in [-0.2, 0) is 5.41 Å². The van der Waals surface area contributed by atoms with E-state index in [1.807, 2.05) is 79.7 Å². The van der Waals surface area contributed by atoms with E-state index < -0.39 is 5.41 Å². The molecule has 1 nitrogen and oxygen atoms in total. The Labute approximate surface area is 114 Å². The summed E-state index contributed by atoms with van der Waals surface area (Å²) in [4.78, 5) is 0. The second-order valence-corrected chi connectivity index (χ2v) is 4.55. The number of hydrogen-bond acceptors (Lipinski definition) is 1. The first kappa shape index (κ1) is 13.1. The lowest BCUT2D eigenvalue weighted by Gasteiger charge is -2.21. The Morgan fingerprint density at radius 3 is 2.11 bits per heavy atom. The molecule has 0 aliphatic rings. The van der Waals surface area contributed by atoms with Crippen LogP contribution in [0.5, 0.6) is 0 Å². The molecule has 1 unspecified atom stereocenters. The van der Waals surface area contributed by atoms with Gasteiger partial charge in [0.05, 0.1) is 6.07 Å². The van der Waals surface area contributed by atoms with E-state index >= 15 is 0 Å². The Morgan fingerprint density at radius 1 is 1.00 bits per heavy atom. The molecule has 19 heavy (non-hydrogen) atoms. The third-order valence-electron chi connectivity index (χ3n) is 3.41. The van der Waals surface area contributed by atoms with Crippen LogP contribution in [0.15, 0.2) is 66.7 Å². The molecule has 2 aromatic rings. The summed E-state index contributed by atoms with van der Waals surface area (Å²) in [5, 5.41) is 9.61. The van der Waals surface area contributed by atoms with Crippen molar-refractivity contribution >= 4 is 6.08 Å². The van der Waals surface area contributed by atoms with E-state index in [-0.39, 0.29) is 0 Å². The van der Waals surface area contributed by atoms with Gasteiger partial charge in [-0.3, -0.25) is 0 Å². The molecule has 0 saturated carbocycles. The maximum absolute atomic E-state index is 9.61. The molecule has 2 aromatic carbocycles. The molecular weight excluding hydrogens is 230 g/mol. The maximum Gasteiger partial charge on any atom is 0.100 e. The molecule has 1 heteroatoms. The van der Waals surface area contributed by atoms with Crippen LogP contribution in [0.25, 0.3) is 6.08 Å². The normalized spacial score (nSPS) is 13.9. The van der Waals surface area contributed by atoms with Gasteiger partial charge >= 0.3 is 0 Å². The number of nitriles is 1. The van der Waals surface area contributed by atoms with Crippen molar-refractivity contribution in [1.29, 1.82) is 5.26 Å². The van der Waals surface area contributed by atoms with E-state index in [0.29, 0.717) is 0 Å². The third kappa shape index (κ3) is 2.92. The zero-order valence-electron chi connectivity index (χ0n) is 11.1. The average Bonchev–Trinajstić information content (AvgIpc) is 2.51. The largest absolute Gasteiger partial charge is 0.197 e. The van der Waals surface area contributed by atoms with Crippen LogP contribution < -0.4 is 0 Å². The van der Waals surface area contributed by atoms with Crippen molar-refractivity contribution in [2.75, 3.05) is 0 Å². The van der Waals surface area contributed by atoms with Gasteiger partial charge in [0, 0.05) is 0 Å². The number of rotatable bonds is 4.